The van der Waals surface area contributed by atoms with Crippen molar-refractivity contribution < 1.29 is 9.53 Å². The molecule has 0 spiro atoms. The van der Waals surface area contributed by atoms with E-state index >= 15 is 0 Å². The molecule has 134 valence electrons. The van der Waals surface area contributed by atoms with Crippen molar-refractivity contribution in [3.8, 4) is 0 Å². The molecule has 1 atom stereocenters. The Kier molecular flexibility index (Phi) is 4.85. The summed E-state index contributed by atoms with van der Waals surface area (Å²) in [6.07, 6.45) is 10.0. The van der Waals surface area contributed by atoms with Crippen LogP contribution < -0.4 is 10.9 Å². The predicted octanol–water partition coefficient (Wildman–Crippen LogP) is 2.32. The number of rotatable bonds is 3. The van der Waals surface area contributed by atoms with Crippen molar-refractivity contribution in [3.05, 3.63) is 32.7 Å². The van der Waals surface area contributed by atoms with Gasteiger partial charge in [0.1, 0.15) is 5.56 Å². The highest BCUT2D eigenvalue weighted by molar-refractivity contribution is 7.17. The van der Waals surface area contributed by atoms with Gasteiger partial charge in [0.15, 0.2) is 4.96 Å². The molecule has 6 nitrogen and oxygen atoms in total. The van der Waals surface area contributed by atoms with E-state index in [1.54, 1.807) is 15.7 Å². The summed E-state index contributed by atoms with van der Waals surface area (Å²) in [4.78, 5) is 31.7. The van der Waals surface area contributed by atoms with E-state index in [9.17, 15) is 9.59 Å². The van der Waals surface area contributed by atoms with Gasteiger partial charge in [0.05, 0.1) is 6.10 Å². The van der Waals surface area contributed by atoms with Gasteiger partial charge in [0.2, 0.25) is 0 Å². The Morgan fingerprint density at radius 2 is 2.12 bits per heavy atom. The summed E-state index contributed by atoms with van der Waals surface area (Å²) in [5, 5.41) is 2.83. The monoisotopic (exact) mass is 361 g/mol. The first-order valence-corrected chi connectivity index (χ1v) is 9.98. The molecule has 1 aliphatic heterocycles. The number of nitrogens with one attached hydrogen (secondary N) is 1. The molecule has 0 saturated carbocycles. The number of thiazole rings is 1. The molecule has 4 rings (SSSR count). The zero-order valence-electron chi connectivity index (χ0n) is 14.3. The number of aromatic nitrogens is 2. The van der Waals surface area contributed by atoms with Crippen LogP contribution in [-0.2, 0) is 17.6 Å². The average Bonchev–Trinajstić information content (AvgIpc) is 3.21. The highest BCUT2D eigenvalue weighted by Gasteiger charge is 2.22. The zero-order chi connectivity index (χ0) is 17.2. The maximum Gasteiger partial charge on any atom is 0.271 e. The Morgan fingerprint density at radius 3 is 2.92 bits per heavy atom. The maximum absolute atomic E-state index is 12.9. The van der Waals surface area contributed by atoms with Gasteiger partial charge < -0.3 is 10.1 Å². The fourth-order valence-corrected chi connectivity index (χ4v) is 4.85. The third-order valence-electron chi connectivity index (χ3n) is 5.06. The first-order chi connectivity index (χ1) is 12.2. The number of ether oxygens (including phenoxy) is 1. The van der Waals surface area contributed by atoms with Crippen LogP contribution in [0.15, 0.2) is 11.0 Å². The summed E-state index contributed by atoms with van der Waals surface area (Å²) < 4.78 is 7.19. The molecule has 3 heterocycles. The van der Waals surface area contributed by atoms with Gasteiger partial charge in [-0.25, -0.2) is 4.98 Å². The van der Waals surface area contributed by atoms with Gasteiger partial charge in [-0.1, -0.05) is 12.8 Å². The van der Waals surface area contributed by atoms with Gasteiger partial charge in [-0.05, 0) is 38.5 Å². The molecular formula is C18H23N3O3S. The lowest BCUT2D eigenvalue weighted by molar-refractivity contribution is 0.0856. The topological polar surface area (TPSA) is 72.7 Å². The second-order valence-electron chi connectivity index (χ2n) is 6.83. The molecule has 1 amide bonds. The van der Waals surface area contributed by atoms with E-state index in [4.69, 9.17) is 4.74 Å². The van der Waals surface area contributed by atoms with Gasteiger partial charge in [-0.2, -0.15) is 0 Å². The van der Waals surface area contributed by atoms with Crippen molar-refractivity contribution >= 4 is 22.2 Å². The Balaban J connectivity index is 1.63. The SMILES string of the molecule is O=C(NCC1CCCO1)c1cnc2sc3c(n2c1=O)CCCCCC3. The molecule has 2 aliphatic rings. The fourth-order valence-electron chi connectivity index (χ4n) is 3.68. The maximum atomic E-state index is 12.9. The molecule has 1 saturated heterocycles. The fraction of sp³-hybridized carbons (Fsp3) is 0.611. The van der Waals surface area contributed by atoms with Gasteiger partial charge >= 0.3 is 0 Å². The van der Waals surface area contributed by atoms with Crippen molar-refractivity contribution in [2.45, 2.75) is 57.5 Å². The lowest BCUT2D eigenvalue weighted by Crippen LogP contribution is -2.36. The lowest BCUT2D eigenvalue weighted by Gasteiger charge is -2.11. The van der Waals surface area contributed by atoms with E-state index in [2.05, 4.69) is 10.3 Å². The first kappa shape index (κ1) is 16.7. The summed E-state index contributed by atoms with van der Waals surface area (Å²) >= 11 is 1.59. The number of carbonyl (C=O) groups excluding carboxylic acids is 1. The number of hydrogen-bond donors (Lipinski definition) is 1. The zero-order valence-corrected chi connectivity index (χ0v) is 15.1. The van der Waals surface area contributed by atoms with Crippen molar-refractivity contribution in [3.63, 3.8) is 0 Å². The largest absolute Gasteiger partial charge is 0.376 e. The Labute approximate surface area is 150 Å². The third-order valence-corrected chi connectivity index (χ3v) is 6.22. The molecule has 0 radical (unpaired) electrons. The van der Waals surface area contributed by atoms with Crippen LogP contribution in [0.25, 0.3) is 4.96 Å². The molecule has 25 heavy (non-hydrogen) atoms. The normalized spacial score (nSPS) is 20.9. The van der Waals surface area contributed by atoms with Crippen LogP contribution in [-0.4, -0.2) is 34.5 Å². The Morgan fingerprint density at radius 1 is 1.28 bits per heavy atom. The van der Waals surface area contributed by atoms with Crippen molar-refractivity contribution in [1.29, 1.82) is 0 Å². The lowest BCUT2D eigenvalue weighted by atomic mass is 10.0. The number of carbonyl (C=O) groups is 1. The number of amides is 1. The third kappa shape index (κ3) is 3.35. The van der Waals surface area contributed by atoms with Crippen LogP contribution in [0.2, 0.25) is 0 Å². The van der Waals surface area contributed by atoms with Crippen molar-refractivity contribution in [2.75, 3.05) is 13.2 Å². The summed E-state index contributed by atoms with van der Waals surface area (Å²) in [5.74, 6) is -0.354. The van der Waals surface area contributed by atoms with E-state index in [1.165, 1.54) is 23.9 Å². The molecule has 7 heteroatoms. The van der Waals surface area contributed by atoms with E-state index < -0.39 is 0 Å². The van der Waals surface area contributed by atoms with Crippen molar-refractivity contribution in [1.82, 2.24) is 14.7 Å². The molecular weight excluding hydrogens is 338 g/mol. The Hall–Kier alpha value is -1.73. The number of nitrogens with zero attached hydrogens (tertiary/aromatic N) is 2. The van der Waals surface area contributed by atoms with Gasteiger partial charge in [0, 0.05) is 29.9 Å². The van der Waals surface area contributed by atoms with Gasteiger partial charge in [0.25, 0.3) is 11.5 Å². The first-order valence-electron chi connectivity index (χ1n) is 9.16. The molecule has 0 aromatic carbocycles. The standard InChI is InChI=1S/C18H23N3O3S/c22-16(19-10-12-6-5-9-24-12)13-11-20-18-21(17(13)23)14-7-3-1-2-4-8-15(14)25-18/h11-12H,1-10H2,(H,19,22). The highest BCUT2D eigenvalue weighted by Crippen LogP contribution is 2.27. The van der Waals surface area contributed by atoms with Crippen LogP contribution in [0, 0.1) is 0 Å². The number of hydrogen-bond acceptors (Lipinski definition) is 5. The minimum atomic E-state index is -0.354. The van der Waals surface area contributed by atoms with Gasteiger partial charge in [-0.15, -0.1) is 11.3 Å². The smallest absolute Gasteiger partial charge is 0.271 e. The minimum absolute atomic E-state index is 0.0598. The van der Waals surface area contributed by atoms with Crippen LogP contribution in [0.1, 0.15) is 59.5 Å². The van der Waals surface area contributed by atoms with Crippen LogP contribution in [0.4, 0.5) is 0 Å². The summed E-state index contributed by atoms with van der Waals surface area (Å²) in [7, 11) is 0. The quantitative estimate of drug-likeness (QED) is 0.911. The van der Waals surface area contributed by atoms with E-state index in [0.717, 1.165) is 50.8 Å². The molecule has 0 bridgehead atoms. The molecule has 1 N–H and O–H groups in total. The van der Waals surface area contributed by atoms with Crippen molar-refractivity contribution in [2.24, 2.45) is 0 Å². The second kappa shape index (κ2) is 7.25. The highest BCUT2D eigenvalue weighted by atomic mass is 32.1. The molecule has 2 aromatic heterocycles. The molecule has 1 fully saturated rings. The average molecular weight is 361 g/mol. The van der Waals surface area contributed by atoms with Crippen LogP contribution >= 0.6 is 11.3 Å². The van der Waals surface area contributed by atoms with E-state index in [-0.39, 0.29) is 23.1 Å². The predicted molar refractivity (Wildman–Crippen MR) is 96.5 cm³/mol. The van der Waals surface area contributed by atoms with E-state index in [0.29, 0.717) is 11.5 Å². The molecule has 1 aliphatic carbocycles. The molecule has 2 aromatic rings. The molecule has 1 unspecified atom stereocenters. The summed E-state index contributed by atoms with van der Waals surface area (Å²) in [5.41, 5.74) is 0.942. The van der Waals surface area contributed by atoms with Crippen LogP contribution in [0.3, 0.4) is 0 Å². The summed E-state index contributed by atoms with van der Waals surface area (Å²) in [6.45, 7) is 1.19. The second-order valence-corrected chi connectivity index (χ2v) is 7.89. The Bertz CT molecular complexity index is 836. The van der Waals surface area contributed by atoms with Gasteiger partial charge in [-0.3, -0.25) is 14.0 Å². The van der Waals surface area contributed by atoms with E-state index in [1.807, 2.05) is 0 Å². The van der Waals surface area contributed by atoms with Crippen LogP contribution in [0.5, 0.6) is 0 Å². The minimum Gasteiger partial charge on any atom is -0.376 e. The number of fused-ring (bicyclic) bond motifs is 3. The summed E-state index contributed by atoms with van der Waals surface area (Å²) in [6, 6.07) is 0. The number of aryl methyl sites for hydroxylation is 2.